The van der Waals surface area contributed by atoms with Gasteiger partial charge >= 0.3 is 0 Å². The highest BCUT2D eigenvalue weighted by Crippen LogP contribution is 2.20. The third kappa shape index (κ3) is 3.01. The van der Waals surface area contributed by atoms with Crippen molar-refractivity contribution < 1.29 is 4.74 Å². The van der Waals surface area contributed by atoms with Gasteiger partial charge in [0.25, 0.3) is 0 Å². The molecule has 0 radical (unpaired) electrons. The normalized spacial score (nSPS) is 12.5. The molecule has 3 heteroatoms. The van der Waals surface area contributed by atoms with Crippen LogP contribution in [-0.2, 0) is 0 Å². The lowest BCUT2D eigenvalue weighted by Crippen LogP contribution is -2.12. The van der Waals surface area contributed by atoms with Crippen LogP contribution in [0.15, 0.2) is 24.3 Å². The van der Waals surface area contributed by atoms with E-state index in [1.165, 1.54) is 0 Å². The van der Waals surface area contributed by atoms with E-state index in [1.54, 1.807) is 7.11 Å². The van der Waals surface area contributed by atoms with Crippen LogP contribution in [0.2, 0.25) is 0 Å². The van der Waals surface area contributed by atoms with Gasteiger partial charge in [0.05, 0.1) is 7.11 Å². The maximum absolute atomic E-state index is 5.99. The third-order valence-corrected chi connectivity index (χ3v) is 2.24. The summed E-state index contributed by atoms with van der Waals surface area (Å²) >= 11 is 0. The van der Waals surface area contributed by atoms with Crippen molar-refractivity contribution in [3.8, 4) is 5.75 Å². The molecule has 1 atom stereocenters. The van der Waals surface area contributed by atoms with Crippen LogP contribution >= 0.6 is 0 Å². The van der Waals surface area contributed by atoms with Crippen LogP contribution < -0.4 is 16.2 Å². The van der Waals surface area contributed by atoms with E-state index in [4.69, 9.17) is 16.2 Å². The fourth-order valence-corrected chi connectivity index (χ4v) is 1.38. The molecular weight excluding hydrogens is 176 g/mol. The molecular formula is C11H18N2O. The molecule has 0 amide bonds. The molecule has 0 aromatic heterocycles. The second kappa shape index (κ2) is 5.62. The van der Waals surface area contributed by atoms with Crippen molar-refractivity contribution in [1.29, 1.82) is 0 Å². The molecule has 78 valence electrons. The van der Waals surface area contributed by atoms with E-state index in [0.29, 0.717) is 6.54 Å². The molecule has 0 aliphatic heterocycles. The quantitative estimate of drug-likeness (QED) is 0.745. The number of ether oxygens (including phenoxy) is 1. The summed E-state index contributed by atoms with van der Waals surface area (Å²) in [4.78, 5) is 0. The van der Waals surface area contributed by atoms with Gasteiger partial charge in [-0.3, -0.25) is 0 Å². The molecule has 0 bridgehead atoms. The maximum atomic E-state index is 5.99. The van der Waals surface area contributed by atoms with Gasteiger partial charge in [0.15, 0.2) is 0 Å². The van der Waals surface area contributed by atoms with Crippen molar-refractivity contribution >= 4 is 0 Å². The van der Waals surface area contributed by atoms with E-state index in [0.717, 1.165) is 24.2 Å². The van der Waals surface area contributed by atoms with Crippen molar-refractivity contribution in [3.05, 3.63) is 29.8 Å². The summed E-state index contributed by atoms with van der Waals surface area (Å²) in [5, 5.41) is 0. The molecule has 0 saturated carbocycles. The molecule has 1 aromatic carbocycles. The molecule has 4 N–H and O–H groups in total. The van der Waals surface area contributed by atoms with Crippen LogP contribution in [0.25, 0.3) is 0 Å². The highest BCUT2D eigenvalue weighted by Gasteiger charge is 2.05. The Kier molecular flexibility index (Phi) is 4.43. The minimum absolute atomic E-state index is 0.0636. The van der Waals surface area contributed by atoms with Crippen LogP contribution in [-0.4, -0.2) is 13.7 Å². The first-order valence-corrected chi connectivity index (χ1v) is 4.87. The molecule has 0 aliphatic carbocycles. The zero-order chi connectivity index (χ0) is 10.4. The predicted molar refractivity (Wildman–Crippen MR) is 58.2 cm³/mol. The zero-order valence-electron chi connectivity index (χ0n) is 8.57. The van der Waals surface area contributed by atoms with Gasteiger partial charge in [-0.15, -0.1) is 0 Å². The Morgan fingerprint density at radius 3 is 2.86 bits per heavy atom. The summed E-state index contributed by atoms with van der Waals surface area (Å²) in [7, 11) is 1.66. The van der Waals surface area contributed by atoms with Gasteiger partial charge in [0.2, 0.25) is 0 Å². The van der Waals surface area contributed by atoms with Crippen LogP contribution in [0.5, 0.6) is 5.75 Å². The fraction of sp³-hybridized carbons (Fsp3) is 0.455. The first-order chi connectivity index (χ1) is 6.77. The van der Waals surface area contributed by atoms with Gasteiger partial charge in [-0.1, -0.05) is 12.1 Å². The SMILES string of the molecule is COc1cccc([C@H](N)CCCN)c1. The lowest BCUT2D eigenvalue weighted by molar-refractivity contribution is 0.413. The molecule has 0 heterocycles. The van der Waals surface area contributed by atoms with Crippen molar-refractivity contribution in [1.82, 2.24) is 0 Å². The molecule has 0 saturated heterocycles. The first kappa shape index (κ1) is 11.0. The number of methoxy groups -OCH3 is 1. The molecule has 3 nitrogen and oxygen atoms in total. The highest BCUT2D eigenvalue weighted by atomic mass is 16.5. The average Bonchev–Trinajstić information content (AvgIpc) is 2.26. The highest BCUT2D eigenvalue weighted by molar-refractivity contribution is 5.30. The van der Waals surface area contributed by atoms with Gasteiger partial charge in [-0.05, 0) is 37.1 Å². The Hall–Kier alpha value is -1.06. The predicted octanol–water partition coefficient (Wildman–Crippen LogP) is 1.43. The topological polar surface area (TPSA) is 61.3 Å². The fourth-order valence-electron chi connectivity index (χ4n) is 1.38. The smallest absolute Gasteiger partial charge is 0.119 e. The Bertz CT molecular complexity index is 276. The summed E-state index contributed by atoms with van der Waals surface area (Å²) in [5.41, 5.74) is 12.5. The Balaban J connectivity index is 2.64. The van der Waals surface area contributed by atoms with E-state index in [1.807, 2.05) is 24.3 Å². The Morgan fingerprint density at radius 1 is 1.43 bits per heavy atom. The van der Waals surface area contributed by atoms with Crippen LogP contribution in [0.4, 0.5) is 0 Å². The van der Waals surface area contributed by atoms with Crippen molar-refractivity contribution in [2.45, 2.75) is 18.9 Å². The summed E-state index contributed by atoms with van der Waals surface area (Å²) in [6.45, 7) is 0.692. The lowest BCUT2D eigenvalue weighted by atomic mass is 10.0. The summed E-state index contributed by atoms with van der Waals surface area (Å²) in [6.07, 6.45) is 1.88. The van der Waals surface area contributed by atoms with Crippen molar-refractivity contribution in [3.63, 3.8) is 0 Å². The van der Waals surface area contributed by atoms with Crippen LogP contribution in [0.3, 0.4) is 0 Å². The van der Waals surface area contributed by atoms with Gasteiger partial charge < -0.3 is 16.2 Å². The molecule has 1 rings (SSSR count). The van der Waals surface area contributed by atoms with Crippen LogP contribution in [0, 0.1) is 0 Å². The van der Waals surface area contributed by atoms with Gasteiger partial charge in [0, 0.05) is 6.04 Å². The van der Waals surface area contributed by atoms with Crippen LogP contribution in [0.1, 0.15) is 24.4 Å². The molecule has 0 spiro atoms. The Morgan fingerprint density at radius 2 is 2.21 bits per heavy atom. The van der Waals surface area contributed by atoms with Crippen molar-refractivity contribution in [2.24, 2.45) is 11.5 Å². The maximum Gasteiger partial charge on any atom is 0.119 e. The second-order valence-electron chi connectivity index (χ2n) is 3.31. The second-order valence-corrected chi connectivity index (χ2v) is 3.31. The number of hydrogen-bond acceptors (Lipinski definition) is 3. The molecule has 1 aromatic rings. The van der Waals surface area contributed by atoms with Gasteiger partial charge in [0.1, 0.15) is 5.75 Å². The number of hydrogen-bond donors (Lipinski definition) is 2. The standard InChI is InChI=1S/C11H18N2O/c1-14-10-5-2-4-9(8-10)11(13)6-3-7-12/h2,4-5,8,11H,3,6-7,12-13H2,1H3/t11-/m1/s1. The van der Waals surface area contributed by atoms with E-state index < -0.39 is 0 Å². The average molecular weight is 194 g/mol. The summed E-state index contributed by atoms with van der Waals surface area (Å²) in [5.74, 6) is 0.852. The number of nitrogens with two attached hydrogens (primary N) is 2. The van der Waals surface area contributed by atoms with Gasteiger partial charge in [-0.2, -0.15) is 0 Å². The largest absolute Gasteiger partial charge is 0.497 e. The minimum atomic E-state index is 0.0636. The molecule has 0 fully saturated rings. The third-order valence-electron chi connectivity index (χ3n) is 2.24. The molecule has 0 aliphatic rings. The number of rotatable bonds is 5. The zero-order valence-corrected chi connectivity index (χ0v) is 8.57. The van der Waals surface area contributed by atoms with E-state index in [2.05, 4.69) is 0 Å². The Labute approximate surface area is 85.0 Å². The van der Waals surface area contributed by atoms with Gasteiger partial charge in [-0.25, -0.2) is 0 Å². The molecule has 14 heavy (non-hydrogen) atoms. The van der Waals surface area contributed by atoms with E-state index in [9.17, 15) is 0 Å². The van der Waals surface area contributed by atoms with E-state index in [-0.39, 0.29) is 6.04 Å². The number of benzene rings is 1. The molecule has 0 unspecified atom stereocenters. The lowest BCUT2D eigenvalue weighted by Gasteiger charge is -2.12. The first-order valence-electron chi connectivity index (χ1n) is 4.87. The monoisotopic (exact) mass is 194 g/mol. The van der Waals surface area contributed by atoms with Crippen molar-refractivity contribution in [2.75, 3.05) is 13.7 Å². The van der Waals surface area contributed by atoms with E-state index >= 15 is 0 Å². The summed E-state index contributed by atoms with van der Waals surface area (Å²) in [6, 6.07) is 7.93. The summed E-state index contributed by atoms with van der Waals surface area (Å²) < 4.78 is 5.13. The minimum Gasteiger partial charge on any atom is -0.497 e.